The van der Waals surface area contributed by atoms with Gasteiger partial charge in [-0.05, 0) is 160 Å². The topological polar surface area (TPSA) is 38.0 Å². The van der Waals surface area contributed by atoms with Crippen LogP contribution in [0.4, 0.5) is 5.69 Å². The lowest BCUT2D eigenvalue weighted by Gasteiger charge is -2.34. The highest BCUT2D eigenvalue weighted by Gasteiger charge is 2.47. The van der Waals surface area contributed by atoms with E-state index in [1.165, 1.54) is 184 Å². The molecule has 2 saturated carbocycles. The Bertz CT molecular complexity index is 4240. The predicted octanol–water partition coefficient (Wildman–Crippen LogP) is 20.0. The Morgan fingerprint density at radius 2 is 0.762 bits per heavy atom. The highest BCUT2D eigenvalue weighted by atomic mass is 15.2. The van der Waals surface area contributed by atoms with Crippen molar-refractivity contribution in [3.05, 3.63) is 292 Å². The zero-order valence-electron chi connectivity index (χ0n) is 45.3. The predicted molar refractivity (Wildman–Crippen MR) is 335 cm³/mol. The summed E-state index contributed by atoms with van der Waals surface area (Å²) in [5.74, 6) is 7.99. The monoisotopic (exact) mass is 1030 g/mol. The summed E-state index contributed by atoms with van der Waals surface area (Å²) in [5, 5.41) is 8.04. The van der Waals surface area contributed by atoms with Gasteiger partial charge in [0, 0.05) is 16.3 Å². The number of nitrogens with one attached hydrogen (secondary N) is 1. The van der Waals surface area contributed by atoms with Crippen LogP contribution in [-0.4, -0.2) is 0 Å². The van der Waals surface area contributed by atoms with Gasteiger partial charge in [0.05, 0.1) is 16.5 Å². The van der Waals surface area contributed by atoms with Crippen LogP contribution in [0, 0.1) is 0 Å². The second-order valence-electron chi connectivity index (χ2n) is 23.6. The third-order valence-corrected chi connectivity index (χ3v) is 19.9. The molecule has 0 aromatic heterocycles. The van der Waals surface area contributed by atoms with Gasteiger partial charge >= 0.3 is 0 Å². The average Bonchev–Trinajstić information content (AvgIpc) is 4.08. The number of benzene rings is 12. The van der Waals surface area contributed by atoms with Crippen LogP contribution >= 0.6 is 0 Å². The summed E-state index contributed by atoms with van der Waals surface area (Å²) in [6.45, 7) is 0. The van der Waals surface area contributed by atoms with Gasteiger partial charge in [0.2, 0.25) is 0 Å². The van der Waals surface area contributed by atoms with Gasteiger partial charge in [0.15, 0.2) is 0 Å². The number of hydrogen-bond donors (Lipinski definition) is 2. The standard InChI is InChI=1S/C78H64N2/c79-80-76-65-48-47-64-59(50-21-5-1-6-22-50)46-41-54-49-66(51-37-42-57(43-38-51)77(55-25-9-3-10-26-55)67-33-17-13-29-60(67)61-30-14-18-34-68(61)77)75(74(65)71(54)64)72(52-23-7-2-8-24-52)73(76)53-39-44-58(45-40-53)78(56-27-11-4-12-28-56)69-35-19-15-31-62(69)63-32-16-20-36-70(63)78/h3-4,9-20,25-50,52,80H,1-2,5-8,21-24,79H2. The molecule has 386 valence electrons. The van der Waals surface area contributed by atoms with Crippen LogP contribution in [0.25, 0.3) is 76.8 Å². The summed E-state index contributed by atoms with van der Waals surface area (Å²) in [6.07, 6.45) is 12.5. The minimum Gasteiger partial charge on any atom is -0.323 e. The number of rotatable bonds is 9. The van der Waals surface area contributed by atoms with E-state index >= 15 is 0 Å². The van der Waals surface area contributed by atoms with Crippen LogP contribution in [-0.2, 0) is 10.8 Å². The first-order valence-corrected chi connectivity index (χ1v) is 29.7. The van der Waals surface area contributed by atoms with Crippen molar-refractivity contribution < 1.29 is 0 Å². The van der Waals surface area contributed by atoms with Gasteiger partial charge in [0.1, 0.15) is 0 Å². The molecule has 0 aliphatic heterocycles. The zero-order chi connectivity index (χ0) is 52.9. The Labute approximate surface area is 470 Å². The highest BCUT2D eigenvalue weighted by molar-refractivity contribution is 6.31. The second kappa shape index (κ2) is 18.8. The summed E-state index contributed by atoms with van der Waals surface area (Å²) < 4.78 is 0. The lowest BCUT2D eigenvalue weighted by atomic mass is 9.67. The SMILES string of the molecule is NNc1c(-c2ccc(C3(c4ccccc4)c4ccccc4-c4ccccc43)cc2)c(C2CCCCC2)c2c(-c3ccc(C4(c5ccccc5)c5ccccc5-c5ccccc54)cc3)cc3ccc(C4CCCCC4)c4ccc1c2c34. The van der Waals surface area contributed by atoms with Gasteiger partial charge in [-0.15, -0.1) is 0 Å². The van der Waals surface area contributed by atoms with Crippen LogP contribution < -0.4 is 11.3 Å². The van der Waals surface area contributed by atoms with Crippen LogP contribution in [0.2, 0.25) is 0 Å². The van der Waals surface area contributed by atoms with E-state index in [4.69, 9.17) is 5.84 Å². The molecule has 2 fully saturated rings. The fourth-order valence-corrected chi connectivity index (χ4v) is 16.6. The Kier molecular flexibility index (Phi) is 11.1. The van der Waals surface area contributed by atoms with E-state index in [1.807, 2.05) is 0 Å². The molecule has 0 atom stereocenters. The molecule has 0 unspecified atom stereocenters. The normalized spacial score (nSPS) is 16.4. The molecular weight excluding hydrogens is 965 g/mol. The minimum atomic E-state index is -0.487. The van der Waals surface area contributed by atoms with Crippen molar-refractivity contribution in [1.82, 2.24) is 0 Å². The fourth-order valence-electron chi connectivity index (χ4n) is 16.6. The van der Waals surface area contributed by atoms with Crippen LogP contribution in [0.1, 0.15) is 132 Å². The van der Waals surface area contributed by atoms with Crippen molar-refractivity contribution in [2.24, 2.45) is 5.84 Å². The van der Waals surface area contributed by atoms with E-state index in [9.17, 15) is 0 Å². The van der Waals surface area contributed by atoms with Gasteiger partial charge < -0.3 is 5.43 Å². The van der Waals surface area contributed by atoms with Gasteiger partial charge in [-0.25, -0.2) is 0 Å². The fraction of sp³-hybridized carbons (Fsp3) is 0.179. The van der Waals surface area contributed by atoms with Crippen molar-refractivity contribution in [2.45, 2.75) is 86.9 Å². The first kappa shape index (κ1) is 47.4. The average molecular weight is 1030 g/mol. The molecule has 0 saturated heterocycles. The quantitative estimate of drug-likeness (QED) is 0.0859. The molecule has 12 aromatic rings. The molecule has 0 bridgehead atoms. The lowest BCUT2D eigenvalue weighted by molar-refractivity contribution is 0.445. The molecule has 4 aliphatic carbocycles. The molecule has 0 spiro atoms. The number of nitrogen functional groups attached to an aromatic ring is 1. The first-order chi connectivity index (χ1) is 39.7. The Hall–Kier alpha value is -8.56. The van der Waals surface area contributed by atoms with Crippen molar-refractivity contribution >= 4 is 38.0 Å². The van der Waals surface area contributed by atoms with E-state index < -0.39 is 10.8 Å². The zero-order valence-corrected chi connectivity index (χ0v) is 45.3. The molecular formula is C78H64N2. The molecule has 0 radical (unpaired) electrons. The van der Waals surface area contributed by atoms with Gasteiger partial charge in [0.25, 0.3) is 0 Å². The van der Waals surface area contributed by atoms with Crippen molar-refractivity contribution in [3.8, 4) is 44.5 Å². The minimum absolute atomic E-state index is 0.350. The van der Waals surface area contributed by atoms with Crippen LogP contribution in [0.3, 0.4) is 0 Å². The van der Waals surface area contributed by atoms with E-state index in [2.05, 4.69) is 242 Å². The van der Waals surface area contributed by atoms with Crippen LogP contribution in [0.5, 0.6) is 0 Å². The number of fused-ring (bicyclic) bond motifs is 6. The van der Waals surface area contributed by atoms with Crippen molar-refractivity contribution in [2.75, 3.05) is 5.43 Å². The molecule has 0 amide bonds. The lowest BCUT2D eigenvalue weighted by Crippen LogP contribution is -2.28. The van der Waals surface area contributed by atoms with Crippen molar-refractivity contribution in [3.63, 3.8) is 0 Å². The van der Waals surface area contributed by atoms with E-state index in [0.717, 1.165) is 18.5 Å². The maximum atomic E-state index is 7.07. The third-order valence-electron chi connectivity index (χ3n) is 19.9. The first-order valence-electron chi connectivity index (χ1n) is 29.7. The summed E-state index contributed by atoms with van der Waals surface area (Å²) in [5.41, 5.74) is 27.2. The van der Waals surface area contributed by atoms with Gasteiger partial charge in [-0.2, -0.15) is 0 Å². The Morgan fingerprint density at radius 3 is 1.25 bits per heavy atom. The van der Waals surface area contributed by atoms with Gasteiger partial charge in [-0.1, -0.05) is 269 Å². The molecule has 2 heteroatoms. The van der Waals surface area contributed by atoms with Crippen molar-refractivity contribution in [1.29, 1.82) is 0 Å². The summed E-state index contributed by atoms with van der Waals surface area (Å²) in [4.78, 5) is 0. The smallest absolute Gasteiger partial charge is 0.0713 e. The molecule has 16 rings (SSSR count). The third kappa shape index (κ3) is 6.75. The number of hydrazine groups is 1. The van der Waals surface area contributed by atoms with E-state index in [1.54, 1.807) is 0 Å². The van der Waals surface area contributed by atoms with Crippen LogP contribution in [0.15, 0.2) is 237 Å². The maximum absolute atomic E-state index is 7.07. The largest absolute Gasteiger partial charge is 0.323 e. The molecule has 2 nitrogen and oxygen atoms in total. The molecule has 3 N–H and O–H groups in total. The molecule has 0 heterocycles. The number of nitrogens with two attached hydrogens (primary N) is 1. The highest BCUT2D eigenvalue weighted by Crippen LogP contribution is 2.60. The summed E-state index contributed by atoms with van der Waals surface area (Å²) in [6, 6.07) is 90.7. The number of hydrogen-bond acceptors (Lipinski definition) is 2. The van der Waals surface area contributed by atoms with E-state index in [0.29, 0.717) is 11.8 Å². The summed E-state index contributed by atoms with van der Waals surface area (Å²) >= 11 is 0. The molecule has 12 aromatic carbocycles. The maximum Gasteiger partial charge on any atom is 0.0713 e. The Morgan fingerprint density at radius 1 is 0.338 bits per heavy atom. The molecule has 80 heavy (non-hydrogen) atoms. The molecule has 4 aliphatic rings. The Balaban J connectivity index is 0.963. The van der Waals surface area contributed by atoms with E-state index in [-0.39, 0.29) is 0 Å². The summed E-state index contributed by atoms with van der Waals surface area (Å²) in [7, 11) is 0. The van der Waals surface area contributed by atoms with Gasteiger partial charge in [-0.3, -0.25) is 5.84 Å². The second-order valence-corrected chi connectivity index (χ2v) is 23.6. The number of anilines is 1.